The van der Waals surface area contributed by atoms with E-state index in [0.29, 0.717) is 18.1 Å². The number of unbranched alkanes of at least 4 members (excludes halogenated alkanes) is 2. The number of aliphatic hydroxyl groups excluding tert-OH is 1. The largest absolute Gasteiger partial charge is 0.497 e. The molecular formula is C16H23N3O3. The van der Waals surface area contributed by atoms with Crippen LogP contribution in [0.3, 0.4) is 0 Å². The van der Waals surface area contributed by atoms with Crippen molar-refractivity contribution in [3.63, 3.8) is 0 Å². The fourth-order valence-electron chi connectivity index (χ4n) is 2.18. The highest BCUT2D eigenvalue weighted by Crippen LogP contribution is 2.20. The molecule has 0 unspecified atom stereocenters. The Labute approximate surface area is 130 Å². The van der Waals surface area contributed by atoms with Crippen LogP contribution in [-0.4, -0.2) is 27.2 Å². The maximum atomic E-state index is 9.39. The molecule has 1 N–H and O–H groups in total. The molecule has 6 nitrogen and oxygen atoms in total. The van der Waals surface area contributed by atoms with Gasteiger partial charge in [0.25, 0.3) is 0 Å². The summed E-state index contributed by atoms with van der Waals surface area (Å²) < 4.78 is 12.8. The molecule has 1 aromatic carbocycles. The summed E-state index contributed by atoms with van der Waals surface area (Å²) in [6.07, 6.45) is 3.33. The number of aliphatic hydroxyl groups is 1. The highest BCUT2D eigenvalue weighted by Gasteiger charge is 2.13. The van der Waals surface area contributed by atoms with Gasteiger partial charge in [0.2, 0.25) is 0 Å². The number of aromatic nitrogens is 3. The van der Waals surface area contributed by atoms with Crippen molar-refractivity contribution in [2.24, 2.45) is 0 Å². The Hall–Kier alpha value is -2.08. The van der Waals surface area contributed by atoms with Crippen LogP contribution in [0.4, 0.5) is 0 Å². The van der Waals surface area contributed by atoms with Gasteiger partial charge in [0.05, 0.1) is 13.7 Å². The maximum absolute atomic E-state index is 9.39. The minimum absolute atomic E-state index is 0.134. The number of hydrogen-bond acceptors (Lipinski definition) is 5. The predicted octanol–water partition coefficient (Wildman–Crippen LogP) is 2.55. The average molecular weight is 305 g/mol. The van der Waals surface area contributed by atoms with Gasteiger partial charge in [-0.1, -0.05) is 31.0 Å². The van der Waals surface area contributed by atoms with Gasteiger partial charge in [0.15, 0.2) is 0 Å². The van der Waals surface area contributed by atoms with E-state index in [9.17, 15) is 5.11 Å². The molecule has 0 atom stereocenters. The molecule has 120 valence electrons. The van der Waals surface area contributed by atoms with Gasteiger partial charge in [0, 0.05) is 12.6 Å². The van der Waals surface area contributed by atoms with Crippen molar-refractivity contribution in [3.05, 3.63) is 35.7 Å². The van der Waals surface area contributed by atoms with Gasteiger partial charge in [-0.2, -0.15) is 0 Å². The van der Waals surface area contributed by atoms with Gasteiger partial charge in [-0.3, -0.25) is 0 Å². The van der Waals surface area contributed by atoms with Crippen molar-refractivity contribution in [3.8, 4) is 11.5 Å². The summed E-state index contributed by atoms with van der Waals surface area (Å²) in [5.41, 5.74) is 1.39. The summed E-state index contributed by atoms with van der Waals surface area (Å²) in [5, 5.41) is 17.5. The fraction of sp³-hybridized carbons (Fsp3) is 0.500. The Kier molecular flexibility index (Phi) is 6.21. The van der Waals surface area contributed by atoms with E-state index < -0.39 is 0 Å². The summed E-state index contributed by atoms with van der Waals surface area (Å²) in [4.78, 5) is 0. The van der Waals surface area contributed by atoms with Gasteiger partial charge in [-0.25, -0.2) is 4.68 Å². The van der Waals surface area contributed by atoms with Crippen LogP contribution in [0.2, 0.25) is 0 Å². The van der Waals surface area contributed by atoms with E-state index in [4.69, 9.17) is 9.47 Å². The van der Waals surface area contributed by atoms with Crippen molar-refractivity contribution in [1.82, 2.24) is 15.0 Å². The SMILES string of the molecule is CCCCCn1nnc(CO)c1COc1cccc(OC)c1. The molecule has 0 saturated carbocycles. The van der Waals surface area contributed by atoms with Crippen LogP contribution >= 0.6 is 0 Å². The molecule has 6 heteroatoms. The second kappa shape index (κ2) is 8.38. The molecule has 2 aromatic rings. The van der Waals surface area contributed by atoms with Gasteiger partial charge in [-0.05, 0) is 18.6 Å². The Bertz CT molecular complexity index is 584. The van der Waals surface area contributed by atoms with E-state index in [1.165, 1.54) is 0 Å². The molecule has 22 heavy (non-hydrogen) atoms. The van der Waals surface area contributed by atoms with Gasteiger partial charge in [0.1, 0.15) is 29.5 Å². The summed E-state index contributed by atoms with van der Waals surface area (Å²) in [6, 6.07) is 7.43. The van der Waals surface area contributed by atoms with Crippen LogP contribution in [-0.2, 0) is 19.8 Å². The number of nitrogens with zero attached hydrogens (tertiary/aromatic N) is 3. The van der Waals surface area contributed by atoms with Crippen LogP contribution in [0.25, 0.3) is 0 Å². The maximum Gasteiger partial charge on any atom is 0.132 e. The third-order valence-electron chi connectivity index (χ3n) is 3.46. The Morgan fingerprint density at radius 2 is 2.05 bits per heavy atom. The highest BCUT2D eigenvalue weighted by molar-refractivity contribution is 5.33. The second-order valence-electron chi connectivity index (χ2n) is 5.04. The Morgan fingerprint density at radius 1 is 1.23 bits per heavy atom. The smallest absolute Gasteiger partial charge is 0.132 e. The zero-order valence-electron chi connectivity index (χ0n) is 13.2. The Morgan fingerprint density at radius 3 is 2.77 bits per heavy atom. The summed E-state index contributed by atoms with van der Waals surface area (Å²) in [7, 11) is 1.62. The molecule has 0 fully saturated rings. The lowest BCUT2D eigenvalue weighted by molar-refractivity contribution is 0.260. The number of methoxy groups -OCH3 is 1. The van der Waals surface area contributed by atoms with Crippen LogP contribution in [0.1, 0.15) is 37.6 Å². The number of hydrogen-bond donors (Lipinski definition) is 1. The monoisotopic (exact) mass is 305 g/mol. The quantitative estimate of drug-likeness (QED) is 0.721. The van der Waals surface area contributed by atoms with E-state index in [-0.39, 0.29) is 6.61 Å². The van der Waals surface area contributed by atoms with E-state index in [1.807, 2.05) is 28.9 Å². The van der Waals surface area contributed by atoms with Gasteiger partial charge >= 0.3 is 0 Å². The minimum atomic E-state index is -0.134. The van der Waals surface area contributed by atoms with Crippen molar-refractivity contribution in [1.29, 1.82) is 0 Å². The van der Waals surface area contributed by atoms with Crippen molar-refractivity contribution in [2.45, 2.75) is 45.9 Å². The second-order valence-corrected chi connectivity index (χ2v) is 5.04. The number of benzene rings is 1. The highest BCUT2D eigenvalue weighted by atomic mass is 16.5. The zero-order chi connectivity index (χ0) is 15.8. The zero-order valence-corrected chi connectivity index (χ0v) is 13.2. The molecule has 0 bridgehead atoms. The first-order chi connectivity index (χ1) is 10.8. The van der Waals surface area contributed by atoms with Crippen LogP contribution < -0.4 is 9.47 Å². The molecule has 0 saturated heterocycles. The molecule has 0 aliphatic carbocycles. The molecular weight excluding hydrogens is 282 g/mol. The first-order valence-corrected chi connectivity index (χ1v) is 7.57. The minimum Gasteiger partial charge on any atom is -0.497 e. The van der Waals surface area contributed by atoms with E-state index in [0.717, 1.165) is 37.3 Å². The standard InChI is InChI=1S/C16H23N3O3/c1-3-4-5-9-19-16(15(11-20)17-18-19)12-22-14-8-6-7-13(10-14)21-2/h6-8,10,20H,3-5,9,11-12H2,1-2H3. The molecule has 0 aliphatic rings. The average Bonchev–Trinajstić information content (AvgIpc) is 2.95. The normalized spacial score (nSPS) is 10.7. The number of aryl methyl sites for hydroxylation is 1. The third-order valence-corrected chi connectivity index (χ3v) is 3.46. The molecule has 1 heterocycles. The van der Waals surface area contributed by atoms with Gasteiger partial charge < -0.3 is 14.6 Å². The first-order valence-electron chi connectivity index (χ1n) is 7.57. The summed E-state index contributed by atoms with van der Waals surface area (Å²) >= 11 is 0. The molecule has 0 spiro atoms. The van der Waals surface area contributed by atoms with E-state index in [1.54, 1.807) is 7.11 Å². The molecule has 2 rings (SSSR count). The van der Waals surface area contributed by atoms with Crippen LogP contribution in [0.15, 0.2) is 24.3 Å². The lowest BCUT2D eigenvalue weighted by Gasteiger charge is -2.10. The Balaban J connectivity index is 2.05. The third kappa shape index (κ3) is 4.21. The summed E-state index contributed by atoms with van der Waals surface area (Å²) in [6.45, 7) is 3.14. The van der Waals surface area contributed by atoms with Crippen LogP contribution in [0.5, 0.6) is 11.5 Å². The lowest BCUT2D eigenvalue weighted by Crippen LogP contribution is -2.09. The molecule has 0 amide bonds. The first kappa shape index (κ1) is 16.3. The van der Waals surface area contributed by atoms with Crippen molar-refractivity contribution in [2.75, 3.05) is 7.11 Å². The molecule has 0 aliphatic heterocycles. The van der Waals surface area contributed by atoms with Crippen molar-refractivity contribution < 1.29 is 14.6 Å². The topological polar surface area (TPSA) is 69.4 Å². The number of ether oxygens (including phenoxy) is 2. The molecule has 0 radical (unpaired) electrons. The van der Waals surface area contributed by atoms with Gasteiger partial charge in [-0.15, -0.1) is 5.10 Å². The predicted molar refractivity (Wildman–Crippen MR) is 82.8 cm³/mol. The fourth-order valence-corrected chi connectivity index (χ4v) is 2.18. The lowest BCUT2D eigenvalue weighted by atomic mass is 10.2. The summed E-state index contributed by atoms with van der Waals surface area (Å²) in [5.74, 6) is 1.46. The van der Waals surface area contributed by atoms with E-state index in [2.05, 4.69) is 17.2 Å². The van der Waals surface area contributed by atoms with Crippen molar-refractivity contribution >= 4 is 0 Å². The van der Waals surface area contributed by atoms with E-state index >= 15 is 0 Å². The number of rotatable bonds is 9. The van der Waals surface area contributed by atoms with Crippen LogP contribution in [0, 0.1) is 0 Å². The molecule has 1 aromatic heterocycles.